The third kappa shape index (κ3) is 4.50. The van der Waals surface area contributed by atoms with E-state index in [1.54, 1.807) is 6.07 Å². The molecule has 5 nitrogen and oxygen atoms in total. The van der Waals surface area contributed by atoms with Crippen LogP contribution in [0.3, 0.4) is 0 Å². The van der Waals surface area contributed by atoms with Gasteiger partial charge in [-0.3, -0.25) is 9.10 Å². The third-order valence-corrected chi connectivity index (χ3v) is 6.81. The highest BCUT2D eigenvalue weighted by Gasteiger charge is 2.19. The predicted molar refractivity (Wildman–Crippen MR) is 114 cm³/mol. The van der Waals surface area contributed by atoms with Crippen LogP contribution in [-0.4, -0.2) is 27.6 Å². The lowest BCUT2D eigenvalue weighted by Crippen LogP contribution is -2.28. The Morgan fingerprint density at radius 1 is 1.11 bits per heavy atom. The molecule has 1 unspecified atom stereocenters. The van der Waals surface area contributed by atoms with Crippen molar-refractivity contribution < 1.29 is 13.2 Å². The summed E-state index contributed by atoms with van der Waals surface area (Å²) >= 11 is 6.21. The topological polar surface area (TPSA) is 66.5 Å². The quantitative estimate of drug-likeness (QED) is 0.791. The largest absolute Gasteiger partial charge is 0.345 e. The molecular weight excluding hydrogens is 396 g/mol. The highest BCUT2D eigenvalue weighted by atomic mass is 35.5. The van der Waals surface area contributed by atoms with E-state index in [1.807, 2.05) is 6.92 Å². The molecule has 1 aliphatic carbocycles. The van der Waals surface area contributed by atoms with E-state index < -0.39 is 10.0 Å². The summed E-state index contributed by atoms with van der Waals surface area (Å²) in [5, 5.41) is 3.25. The second-order valence-electron chi connectivity index (χ2n) is 7.33. The number of sulfonamides is 1. The van der Waals surface area contributed by atoms with Crippen LogP contribution in [0.25, 0.3) is 0 Å². The minimum Gasteiger partial charge on any atom is -0.345 e. The smallest absolute Gasteiger partial charge is 0.253 e. The Bertz CT molecular complexity index is 1000. The van der Waals surface area contributed by atoms with Gasteiger partial charge in [0.2, 0.25) is 10.0 Å². The Morgan fingerprint density at radius 3 is 2.46 bits per heavy atom. The second kappa shape index (κ2) is 8.13. The van der Waals surface area contributed by atoms with Crippen LogP contribution in [0.15, 0.2) is 36.4 Å². The summed E-state index contributed by atoms with van der Waals surface area (Å²) < 4.78 is 24.7. The van der Waals surface area contributed by atoms with Crippen molar-refractivity contribution in [1.82, 2.24) is 5.32 Å². The summed E-state index contributed by atoms with van der Waals surface area (Å²) in [5.41, 5.74) is 4.44. The fourth-order valence-corrected chi connectivity index (χ4v) is 4.15. The van der Waals surface area contributed by atoms with Crippen molar-refractivity contribution in [3.63, 3.8) is 0 Å². The lowest BCUT2D eigenvalue weighted by Gasteiger charge is -2.21. The summed E-state index contributed by atoms with van der Waals surface area (Å²) in [7, 11) is -1.99. The van der Waals surface area contributed by atoms with Gasteiger partial charge in [-0.15, -0.1) is 0 Å². The molecule has 150 valence electrons. The maximum atomic E-state index is 12.8. The molecule has 0 heterocycles. The molecule has 0 saturated heterocycles. The number of hydrogen-bond acceptors (Lipinski definition) is 3. The van der Waals surface area contributed by atoms with Crippen LogP contribution in [0.4, 0.5) is 5.69 Å². The van der Waals surface area contributed by atoms with Crippen molar-refractivity contribution in [1.29, 1.82) is 0 Å². The van der Waals surface area contributed by atoms with E-state index in [-0.39, 0.29) is 22.5 Å². The fourth-order valence-electron chi connectivity index (χ4n) is 3.46. The first-order chi connectivity index (χ1) is 13.2. The molecule has 3 rings (SSSR count). The molecule has 1 aliphatic rings. The molecule has 2 aromatic rings. The molecule has 1 N–H and O–H groups in total. The van der Waals surface area contributed by atoms with Crippen LogP contribution in [0.5, 0.6) is 0 Å². The summed E-state index contributed by atoms with van der Waals surface area (Å²) in [4.78, 5) is 12.8. The van der Waals surface area contributed by atoms with Gasteiger partial charge in [-0.05, 0) is 67.5 Å². The van der Waals surface area contributed by atoms with Gasteiger partial charge >= 0.3 is 0 Å². The Labute approximate surface area is 171 Å². The van der Waals surface area contributed by atoms with Gasteiger partial charge in [0.25, 0.3) is 5.91 Å². The van der Waals surface area contributed by atoms with Crippen molar-refractivity contribution in [2.45, 2.75) is 38.6 Å². The number of carbonyl (C=O) groups excluding carboxylic acids is 1. The molecule has 0 spiro atoms. The number of benzene rings is 2. The number of halogens is 1. The van der Waals surface area contributed by atoms with Crippen LogP contribution in [0, 0.1) is 0 Å². The monoisotopic (exact) mass is 420 g/mol. The van der Waals surface area contributed by atoms with E-state index >= 15 is 0 Å². The molecule has 1 amide bonds. The number of carbonyl (C=O) groups is 1. The molecule has 7 heteroatoms. The van der Waals surface area contributed by atoms with Gasteiger partial charge in [-0.2, -0.15) is 0 Å². The van der Waals surface area contributed by atoms with Gasteiger partial charge in [0.05, 0.1) is 28.6 Å². The molecule has 0 radical (unpaired) electrons. The minimum absolute atomic E-state index is 0.188. The maximum absolute atomic E-state index is 12.8. The Hall–Kier alpha value is -2.05. The average molecular weight is 421 g/mol. The number of nitrogens with one attached hydrogen (secondary N) is 1. The fraction of sp³-hybridized carbons (Fsp3) is 0.381. The Morgan fingerprint density at radius 2 is 1.79 bits per heavy atom. The molecule has 2 aromatic carbocycles. The lowest BCUT2D eigenvalue weighted by molar-refractivity contribution is 0.0940. The number of hydrogen-bond donors (Lipinski definition) is 1. The van der Waals surface area contributed by atoms with Gasteiger partial charge < -0.3 is 5.32 Å². The van der Waals surface area contributed by atoms with Crippen LogP contribution < -0.4 is 9.62 Å². The molecule has 0 aromatic heterocycles. The van der Waals surface area contributed by atoms with Gasteiger partial charge in [0, 0.05) is 7.05 Å². The van der Waals surface area contributed by atoms with Crippen LogP contribution in [0.1, 0.15) is 52.9 Å². The van der Waals surface area contributed by atoms with Gasteiger partial charge in [-0.1, -0.05) is 29.8 Å². The molecule has 0 bridgehead atoms. The van der Waals surface area contributed by atoms with Crippen LogP contribution in [-0.2, 0) is 22.9 Å². The molecule has 0 aliphatic heterocycles. The molecule has 0 saturated carbocycles. The summed E-state index contributed by atoms with van der Waals surface area (Å²) in [6.45, 7) is 1.93. The van der Waals surface area contributed by atoms with E-state index in [1.165, 1.54) is 43.1 Å². The second-order valence-corrected chi connectivity index (χ2v) is 9.75. The van der Waals surface area contributed by atoms with Crippen molar-refractivity contribution >= 4 is 33.2 Å². The van der Waals surface area contributed by atoms with Crippen molar-refractivity contribution in [2.24, 2.45) is 0 Å². The predicted octanol–water partition coefficient (Wildman–Crippen LogP) is 4.11. The van der Waals surface area contributed by atoms with Crippen LogP contribution >= 0.6 is 11.6 Å². The average Bonchev–Trinajstić information content (AvgIpc) is 2.66. The maximum Gasteiger partial charge on any atom is 0.253 e. The van der Waals surface area contributed by atoms with E-state index in [0.717, 1.165) is 29.0 Å². The van der Waals surface area contributed by atoms with Crippen molar-refractivity contribution in [2.75, 3.05) is 17.6 Å². The highest BCUT2D eigenvalue weighted by molar-refractivity contribution is 7.92. The van der Waals surface area contributed by atoms with Crippen molar-refractivity contribution in [3.05, 3.63) is 63.7 Å². The van der Waals surface area contributed by atoms with Gasteiger partial charge in [-0.25, -0.2) is 8.42 Å². The Balaban J connectivity index is 1.81. The zero-order chi connectivity index (χ0) is 20.5. The van der Waals surface area contributed by atoms with E-state index in [2.05, 4.69) is 23.5 Å². The molecule has 1 atom stereocenters. The Kier molecular flexibility index (Phi) is 6.01. The van der Waals surface area contributed by atoms with Crippen molar-refractivity contribution in [3.8, 4) is 0 Å². The SMILES string of the molecule is CC(NC(=O)c1cc(N(C)S(C)(=O)=O)ccc1Cl)c1ccc2c(c1)CCCC2. The van der Waals surface area contributed by atoms with E-state index in [0.29, 0.717) is 5.69 Å². The molecular formula is C21H25ClN2O3S. The first-order valence-electron chi connectivity index (χ1n) is 9.33. The first kappa shape index (κ1) is 20.7. The third-order valence-electron chi connectivity index (χ3n) is 5.28. The number of rotatable bonds is 5. The first-order valence-corrected chi connectivity index (χ1v) is 11.6. The molecule has 0 fully saturated rings. The minimum atomic E-state index is -3.43. The number of anilines is 1. The normalized spacial score (nSPS) is 14.9. The summed E-state index contributed by atoms with van der Waals surface area (Å²) in [5.74, 6) is -0.334. The zero-order valence-corrected chi connectivity index (χ0v) is 17.9. The van der Waals surface area contributed by atoms with E-state index in [9.17, 15) is 13.2 Å². The van der Waals surface area contributed by atoms with Crippen LogP contribution in [0.2, 0.25) is 5.02 Å². The number of amides is 1. The molecule has 28 heavy (non-hydrogen) atoms. The zero-order valence-electron chi connectivity index (χ0n) is 16.3. The summed E-state index contributed by atoms with van der Waals surface area (Å²) in [6.07, 6.45) is 5.74. The van der Waals surface area contributed by atoms with E-state index in [4.69, 9.17) is 11.6 Å². The standard InChI is InChI=1S/C21H25ClN2O3S/c1-14(16-9-8-15-6-4-5-7-17(15)12-16)23-21(25)19-13-18(10-11-20(19)22)24(2)28(3,26)27/h8-14H,4-7H2,1-3H3,(H,23,25). The number of aryl methyl sites for hydroxylation is 2. The lowest BCUT2D eigenvalue weighted by atomic mass is 9.89. The highest BCUT2D eigenvalue weighted by Crippen LogP contribution is 2.27. The van der Waals surface area contributed by atoms with Gasteiger partial charge in [0.1, 0.15) is 0 Å². The summed E-state index contributed by atoms with van der Waals surface area (Å²) in [6, 6.07) is 10.8. The number of fused-ring (bicyclic) bond motifs is 1. The number of nitrogens with zero attached hydrogens (tertiary/aromatic N) is 1. The van der Waals surface area contributed by atoms with Gasteiger partial charge in [0.15, 0.2) is 0 Å².